The molecular formula is C21H27N3O3. The Hall–Kier alpha value is -2.37. The summed E-state index contributed by atoms with van der Waals surface area (Å²) in [7, 11) is 0. The zero-order chi connectivity index (χ0) is 18.8. The molecule has 2 saturated carbocycles. The van der Waals surface area contributed by atoms with E-state index in [1.54, 1.807) is 0 Å². The van der Waals surface area contributed by atoms with Gasteiger partial charge in [-0.3, -0.25) is 9.59 Å². The Bertz CT molecular complexity index is 790. The molecule has 0 saturated heterocycles. The first kappa shape index (κ1) is 18.0. The molecule has 6 nitrogen and oxygen atoms in total. The van der Waals surface area contributed by atoms with Gasteiger partial charge in [-0.15, -0.1) is 0 Å². The molecule has 2 aromatic rings. The average molecular weight is 369 g/mol. The minimum Gasteiger partial charge on any atom is -0.481 e. The SMILES string of the molecule is O=C(O)[C@H]1CC[C@@H](C(=O)NCC2CCC(c3nc4ccccc4[nH]3)CC2)C1. The van der Waals surface area contributed by atoms with Gasteiger partial charge in [0, 0.05) is 18.4 Å². The van der Waals surface area contributed by atoms with Gasteiger partial charge in [0.05, 0.1) is 17.0 Å². The molecule has 27 heavy (non-hydrogen) atoms. The number of hydrogen-bond acceptors (Lipinski definition) is 3. The van der Waals surface area contributed by atoms with E-state index in [1.807, 2.05) is 18.2 Å². The van der Waals surface area contributed by atoms with Gasteiger partial charge >= 0.3 is 5.97 Å². The van der Waals surface area contributed by atoms with E-state index in [-0.39, 0.29) is 17.7 Å². The first-order valence-electron chi connectivity index (χ1n) is 10.1. The number of hydrogen-bond donors (Lipinski definition) is 3. The standard InChI is InChI=1S/C21H27N3O3/c25-20(15-9-10-16(11-15)21(26)27)22-12-13-5-7-14(8-6-13)19-23-17-3-1-2-4-18(17)24-19/h1-4,13-16H,5-12H2,(H,22,25)(H,23,24)(H,26,27)/t13?,14?,15-,16+/m1/s1. The second-order valence-corrected chi connectivity index (χ2v) is 8.15. The number of carboxylic acids is 1. The number of amides is 1. The smallest absolute Gasteiger partial charge is 0.306 e. The Balaban J connectivity index is 1.24. The maximum Gasteiger partial charge on any atom is 0.306 e. The number of carbonyl (C=O) groups is 2. The number of nitrogens with zero attached hydrogens (tertiary/aromatic N) is 1. The van der Waals surface area contributed by atoms with Gasteiger partial charge in [0.15, 0.2) is 0 Å². The number of imidazole rings is 1. The van der Waals surface area contributed by atoms with Crippen LogP contribution in [0.1, 0.15) is 56.7 Å². The van der Waals surface area contributed by atoms with E-state index in [2.05, 4.69) is 16.4 Å². The fourth-order valence-corrected chi connectivity index (χ4v) is 4.64. The average Bonchev–Trinajstić information content (AvgIpc) is 3.33. The van der Waals surface area contributed by atoms with E-state index < -0.39 is 5.97 Å². The molecule has 1 heterocycles. The van der Waals surface area contributed by atoms with Crippen molar-refractivity contribution in [2.75, 3.05) is 6.54 Å². The fourth-order valence-electron chi connectivity index (χ4n) is 4.64. The summed E-state index contributed by atoms with van der Waals surface area (Å²) in [6.07, 6.45) is 6.15. The van der Waals surface area contributed by atoms with Crippen LogP contribution in [0.5, 0.6) is 0 Å². The Morgan fingerprint density at radius 3 is 2.52 bits per heavy atom. The quantitative estimate of drug-likeness (QED) is 0.752. The Morgan fingerprint density at radius 2 is 1.81 bits per heavy atom. The normalized spacial score (nSPS) is 28.3. The molecule has 0 bridgehead atoms. The zero-order valence-corrected chi connectivity index (χ0v) is 15.5. The molecule has 0 unspecified atom stereocenters. The van der Waals surface area contributed by atoms with E-state index in [0.29, 0.717) is 37.6 Å². The number of benzene rings is 1. The predicted molar refractivity (Wildman–Crippen MR) is 102 cm³/mol. The Labute approximate surface area is 158 Å². The van der Waals surface area contributed by atoms with Gasteiger partial charge in [-0.2, -0.15) is 0 Å². The van der Waals surface area contributed by atoms with Gasteiger partial charge in [0.1, 0.15) is 5.82 Å². The Kier molecular flexibility index (Phi) is 5.14. The van der Waals surface area contributed by atoms with Crippen LogP contribution >= 0.6 is 0 Å². The number of rotatable bonds is 5. The van der Waals surface area contributed by atoms with Crippen molar-refractivity contribution in [3.05, 3.63) is 30.1 Å². The predicted octanol–water partition coefficient (Wildman–Crippen LogP) is 3.45. The van der Waals surface area contributed by atoms with Gasteiger partial charge in [0.2, 0.25) is 5.91 Å². The van der Waals surface area contributed by atoms with Crippen LogP contribution < -0.4 is 5.32 Å². The van der Waals surface area contributed by atoms with Crippen molar-refractivity contribution >= 4 is 22.9 Å². The third kappa shape index (κ3) is 3.99. The lowest BCUT2D eigenvalue weighted by molar-refractivity contribution is -0.141. The molecule has 1 amide bonds. The van der Waals surface area contributed by atoms with E-state index in [1.165, 1.54) is 0 Å². The summed E-state index contributed by atoms with van der Waals surface area (Å²) in [4.78, 5) is 31.6. The highest BCUT2D eigenvalue weighted by atomic mass is 16.4. The molecule has 3 N–H and O–H groups in total. The monoisotopic (exact) mass is 369 g/mol. The van der Waals surface area contributed by atoms with Crippen LogP contribution in [0, 0.1) is 17.8 Å². The third-order valence-electron chi connectivity index (χ3n) is 6.36. The van der Waals surface area contributed by atoms with Crippen LogP contribution in [0.4, 0.5) is 0 Å². The van der Waals surface area contributed by atoms with Crippen molar-refractivity contribution < 1.29 is 14.7 Å². The van der Waals surface area contributed by atoms with Crippen LogP contribution in [-0.2, 0) is 9.59 Å². The highest BCUT2D eigenvalue weighted by molar-refractivity contribution is 5.80. The van der Waals surface area contributed by atoms with Crippen molar-refractivity contribution in [1.82, 2.24) is 15.3 Å². The van der Waals surface area contributed by atoms with Crippen LogP contribution in [0.3, 0.4) is 0 Å². The largest absolute Gasteiger partial charge is 0.481 e. The lowest BCUT2D eigenvalue weighted by atomic mass is 9.81. The molecule has 2 atom stereocenters. The highest BCUT2D eigenvalue weighted by Gasteiger charge is 2.34. The summed E-state index contributed by atoms with van der Waals surface area (Å²) in [5.41, 5.74) is 2.12. The summed E-state index contributed by atoms with van der Waals surface area (Å²) in [6, 6.07) is 8.13. The van der Waals surface area contributed by atoms with Gasteiger partial charge < -0.3 is 15.4 Å². The topological polar surface area (TPSA) is 95.1 Å². The fraction of sp³-hybridized carbons (Fsp3) is 0.571. The molecule has 0 spiro atoms. The number of fused-ring (bicyclic) bond motifs is 1. The van der Waals surface area contributed by atoms with Crippen molar-refractivity contribution in [3.8, 4) is 0 Å². The summed E-state index contributed by atoms with van der Waals surface area (Å²) >= 11 is 0. The molecule has 2 fully saturated rings. The summed E-state index contributed by atoms with van der Waals surface area (Å²) in [6.45, 7) is 0.708. The van der Waals surface area contributed by atoms with Crippen molar-refractivity contribution in [1.29, 1.82) is 0 Å². The molecule has 2 aliphatic carbocycles. The van der Waals surface area contributed by atoms with E-state index in [4.69, 9.17) is 10.1 Å². The number of para-hydroxylation sites is 2. The molecule has 6 heteroatoms. The second kappa shape index (κ2) is 7.71. The van der Waals surface area contributed by atoms with Gasteiger partial charge in [-0.1, -0.05) is 12.1 Å². The molecule has 0 aliphatic heterocycles. The molecule has 1 aromatic carbocycles. The first-order valence-corrected chi connectivity index (χ1v) is 10.1. The summed E-state index contributed by atoms with van der Waals surface area (Å²) < 4.78 is 0. The van der Waals surface area contributed by atoms with Crippen LogP contribution in [-0.4, -0.2) is 33.5 Å². The molecule has 144 valence electrons. The molecule has 4 rings (SSSR count). The minimum absolute atomic E-state index is 0.0400. The van der Waals surface area contributed by atoms with Crippen molar-refractivity contribution in [2.45, 2.75) is 50.9 Å². The third-order valence-corrected chi connectivity index (χ3v) is 6.36. The van der Waals surface area contributed by atoms with Gasteiger partial charge in [-0.05, 0) is 63.0 Å². The zero-order valence-electron chi connectivity index (χ0n) is 15.5. The number of carbonyl (C=O) groups excluding carboxylic acids is 1. The number of aromatic nitrogens is 2. The second-order valence-electron chi connectivity index (χ2n) is 8.15. The molecule has 2 aliphatic rings. The lowest BCUT2D eigenvalue weighted by Gasteiger charge is -2.27. The Morgan fingerprint density at radius 1 is 1.07 bits per heavy atom. The summed E-state index contributed by atoms with van der Waals surface area (Å²) in [5.74, 6) is 0.858. The molecule has 1 aromatic heterocycles. The lowest BCUT2D eigenvalue weighted by Crippen LogP contribution is -2.35. The number of nitrogens with one attached hydrogen (secondary N) is 2. The number of carboxylic acid groups (broad SMARTS) is 1. The van der Waals surface area contributed by atoms with E-state index >= 15 is 0 Å². The maximum atomic E-state index is 12.3. The number of aromatic amines is 1. The number of H-pyrrole nitrogens is 1. The maximum absolute atomic E-state index is 12.3. The summed E-state index contributed by atoms with van der Waals surface area (Å²) in [5, 5.41) is 12.1. The van der Waals surface area contributed by atoms with Crippen LogP contribution in [0.25, 0.3) is 11.0 Å². The van der Waals surface area contributed by atoms with Crippen LogP contribution in [0.2, 0.25) is 0 Å². The van der Waals surface area contributed by atoms with E-state index in [9.17, 15) is 9.59 Å². The van der Waals surface area contributed by atoms with Gasteiger partial charge in [0.25, 0.3) is 0 Å². The number of aliphatic carboxylic acids is 1. The van der Waals surface area contributed by atoms with Gasteiger partial charge in [-0.25, -0.2) is 4.98 Å². The minimum atomic E-state index is -0.769. The molecular weight excluding hydrogens is 342 g/mol. The first-order chi connectivity index (χ1) is 13.1. The van der Waals surface area contributed by atoms with Crippen molar-refractivity contribution in [2.24, 2.45) is 17.8 Å². The molecule has 0 radical (unpaired) electrons. The highest BCUT2D eigenvalue weighted by Crippen LogP contribution is 2.35. The van der Waals surface area contributed by atoms with Crippen molar-refractivity contribution in [3.63, 3.8) is 0 Å². The van der Waals surface area contributed by atoms with Crippen LogP contribution in [0.15, 0.2) is 24.3 Å². The van der Waals surface area contributed by atoms with E-state index in [0.717, 1.165) is 42.5 Å².